The molecule has 4 rings (SSSR count). The smallest absolute Gasteiger partial charge is 0.261 e. The number of anilines is 1. The van der Waals surface area contributed by atoms with Crippen LogP contribution < -0.4 is 14.4 Å². The fraction of sp³-hybridized carbons (Fsp3) is 0.375. The first-order valence-corrected chi connectivity index (χ1v) is 7.37. The molecule has 5 nitrogen and oxygen atoms in total. The molecule has 114 valence electrons. The summed E-state index contributed by atoms with van der Waals surface area (Å²) in [6.45, 7) is 0.613. The highest BCUT2D eigenvalue weighted by atomic mass is 19.1. The van der Waals surface area contributed by atoms with Crippen LogP contribution in [-0.2, 0) is 9.59 Å². The molecule has 2 amide bonds. The van der Waals surface area contributed by atoms with Gasteiger partial charge >= 0.3 is 0 Å². The molecular weight excluding hydrogens is 289 g/mol. The maximum atomic E-state index is 14.4. The number of hydrogen-bond donors (Lipinski definition) is 0. The summed E-state index contributed by atoms with van der Waals surface area (Å²) in [5, 5.41) is 0. The Morgan fingerprint density at radius 2 is 1.59 bits per heavy atom. The molecule has 0 fully saturated rings. The molecule has 0 spiro atoms. The van der Waals surface area contributed by atoms with E-state index in [9.17, 15) is 14.0 Å². The fourth-order valence-electron chi connectivity index (χ4n) is 3.23. The van der Waals surface area contributed by atoms with E-state index in [4.69, 9.17) is 9.47 Å². The first kappa shape index (κ1) is 13.3. The average Bonchev–Trinajstić information content (AvgIpc) is 2.80. The topological polar surface area (TPSA) is 55.8 Å². The van der Waals surface area contributed by atoms with Crippen molar-refractivity contribution in [2.24, 2.45) is 0 Å². The third kappa shape index (κ3) is 1.76. The number of ether oxygens (including phenoxy) is 2. The molecule has 22 heavy (non-hydrogen) atoms. The van der Waals surface area contributed by atoms with E-state index in [1.165, 1.54) is 12.1 Å². The van der Waals surface area contributed by atoms with Crippen molar-refractivity contribution in [2.45, 2.75) is 25.7 Å². The predicted octanol–water partition coefficient (Wildman–Crippen LogP) is 2.34. The molecule has 1 aliphatic carbocycles. The monoisotopic (exact) mass is 303 g/mol. The zero-order chi connectivity index (χ0) is 15.3. The molecule has 2 heterocycles. The van der Waals surface area contributed by atoms with Crippen LogP contribution in [0, 0.1) is 5.82 Å². The van der Waals surface area contributed by atoms with Gasteiger partial charge < -0.3 is 9.47 Å². The highest BCUT2D eigenvalue weighted by Gasteiger charge is 2.43. The van der Waals surface area contributed by atoms with Crippen LogP contribution in [0.2, 0.25) is 0 Å². The van der Waals surface area contributed by atoms with Crippen molar-refractivity contribution in [3.8, 4) is 11.5 Å². The lowest BCUT2D eigenvalue weighted by molar-refractivity contribution is -0.120. The summed E-state index contributed by atoms with van der Waals surface area (Å²) < 4.78 is 25.2. The predicted molar refractivity (Wildman–Crippen MR) is 75.4 cm³/mol. The summed E-state index contributed by atoms with van der Waals surface area (Å²) in [6, 6.07) is 2.65. The molecule has 0 radical (unpaired) electrons. The maximum absolute atomic E-state index is 14.4. The van der Waals surface area contributed by atoms with Gasteiger partial charge in [-0.1, -0.05) is 0 Å². The van der Waals surface area contributed by atoms with Crippen LogP contribution >= 0.6 is 0 Å². The normalized spacial score (nSPS) is 20.5. The number of carbonyl (C=O) groups excluding carboxylic acids is 2. The van der Waals surface area contributed by atoms with Crippen LogP contribution in [0.5, 0.6) is 11.5 Å². The number of hydrogen-bond acceptors (Lipinski definition) is 4. The molecule has 6 heteroatoms. The van der Waals surface area contributed by atoms with E-state index in [0.717, 1.165) is 17.7 Å². The second-order valence-electron chi connectivity index (χ2n) is 5.53. The van der Waals surface area contributed by atoms with E-state index < -0.39 is 17.6 Å². The SMILES string of the molecule is O=C1C2=C(CCCC2)C(=O)N1c1c(F)ccc2c1OCCO2. The fourth-order valence-corrected chi connectivity index (χ4v) is 3.23. The van der Waals surface area contributed by atoms with Crippen molar-refractivity contribution >= 4 is 17.5 Å². The molecule has 0 atom stereocenters. The van der Waals surface area contributed by atoms with Gasteiger partial charge in [0, 0.05) is 11.1 Å². The van der Waals surface area contributed by atoms with E-state index in [-0.39, 0.29) is 18.0 Å². The minimum atomic E-state index is -0.661. The Kier molecular flexibility index (Phi) is 2.92. The van der Waals surface area contributed by atoms with Crippen molar-refractivity contribution in [2.75, 3.05) is 18.1 Å². The maximum Gasteiger partial charge on any atom is 0.261 e. The molecule has 0 N–H and O–H groups in total. The highest BCUT2D eigenvalue weighted by Crippen LogP contribution is 2.45. The number of fused-ring (bicyclic) bond motifs is 1. The van der Waals surface area contributed by atoms with Crippen molar-refractivity contribution in [3.63, 3.8) is 0 Å². The minimum absolute atomic E-state index is 0.124. The van der Waals surface area contributed by atoms with Crippen molar-refractivity contribution in [3.05, 3.63) is 29.1 Å². The van der Waals surface area contributed by atoms with Gasteiger partial charge in [0.2, 0.25) is 0 Å². The highest BCUT2D eigenvalue weighted by molar-refractivity contribution is 6.33. The number of nitrogens with zero attached hydrogens (tertiary/aromatic N) is 1. The average molecular weight is 303 g/mol. The van der Waals surface area contributed by atoms with Gasteiger partial charge in [-0.2, -0.15) is 0 Å². The van der Waals surface area contributed by atoms with Crippen LogP contribution in [0.4, 0.5) is 10.1 Å². The standard InChI is InChI=1S/C16H14FNO4/c17-11-5-6-12-14(22-8-7-21-12)13(11)18-15(19)9-3-1-2-4-10(9)16(18)20/h5-6H,1-4,7-8H2. The van der Waals surface area contributed by atoms with E-state index in [2.05, 4.69) is 0 Å². The number of benzene rings is 1. The summed E-state index contributed by atoms with van der Waals surface area (Å²) >= 11 is 0. The van der Waals surface area contributed by atoms with Crippen LogP contribution in [0.15, 0.2) is 23.3 Å². The number of imide groups is 1. The zero-order valence-corrected chi connectivity index (χ0v) is 11.9. The Labute approximate surface area is 126 Å². The van der Waals surface area contributed by atoms with Crippen LogP contribution in [0.25, 0.3) is 0 Å². The summed E-state index contributed by atoms with van der Waals surface area (Å²) in [5.74, 6) is -1.03. The third-order valence-corrected chi connectivity index (χ3v) is 4.25. The van der Waals surface area contributed by atoms with Gasteiger partial charge in [-0.15, -0.1) is 0 Å². The lowest BCUT2D eigenvalue weighted by atomic mass is 9.93. The van der Waals surface area contributed by atoms with Gasteiger partial charge in [0.15, 0.2) is 17.3 Å². The Morgan fingerprint density at radius 3 is 2.27 bits per heavy atom. The minimum Gasteiger partial charge on any atom is -0.486 e. The second-order valence-corrected chi connectivity index (χ2v) is 5.53. The van der Waals surface area contributed by atoms with Crippen LogP contribution in [0.1, 0.15) is 25.7 Å². The van der Waals surface area contributed by atoms with Gasteiger partial charge in [0.05, 0.1) is 0 Å². The summed E-state index contributed by atoms with van der Waals surface area (Å²) in [5.41, 5.74) is 0.913. The quantitative estimate of drug-likeness (QED) is 0.747. The van der Waals surface area contributed by atoms with Crippen LogP contribution in [0.3, 0.4) is 0 Å². The number of rotatable bonds is 1. The Balaban J connectivity index is 1.84. The summed E-state index contributed by atoms with van der Waals surface area (Å²) in [6.07, 6.45) is 2.90. The Hall–Kier alpha value is -2.37. The van der Waals surface area contributed by atoms with Gasteiger partial charge in [0.25, 0.3) is 11.8 Å². The second kappa shape index (κ2) is 4.83. The molecular formula is C16H14FNO4. The van der Waals surface area contributed by atoms with Crippen LogP contribution in [-0.4, -0.2) is 25.0 Å². The van der Waals surface area contributed by atoms with E-state index in [1.54, 1.807) is 0 Å². The molecule has 3 aliphatic rings. The molecule has 0 bridgehead atoms. The zero-order valence-electron chi connectivity index (χ0n) is 11.9. The molecule has 0 saturated heterocycles. The van der Waals surface area contributed by atoms with Gasteiger partial charge in [-0.3, -0.25) is 9.59 Å². The first-order valence-electron chi connectivity index (χ1n) is 7.37. The van der Waals surface area contributed by atoms with Crippen molar-refractivity contribution in [1.29, 1.82) is 0 Å². The summed E-state index contributed by atoms with van der Waals surface area (Å²) in [4.78, 5) is 26.1. The molecule has 2 aliphatic heterocycles. The van der Waals surface area contributed by atoms with Gasteiger partial charge in [-0.05, 0) is 37.8 Å². The first-order chi connectivity index (χ1) is 10.7. The van der Waals surface area contributed by atoms with Gasteiger partial charge in [0.1, 0.15) is 18.9 Å². The Morgan fingerprint density at radius 1 is 0.955 bits per heavy atom. The van der Waals surface area contributed by atoms with Crippen molar-refractivity contribution in [1.82, 2.24) is 0 Å². The van der Waals surface area contributed by atoms with E-state index >= 15 is 0 Å². The van der Waals surface area contributed by atoms with E-state index in [0.29, 0.717) is 36.3 Å². The lowest BCUT2D eigenvalue weighted by Crippen LogP contribution is -2.33. The van der Waals surface area contributed by atoms with Crippen molar-refractivity contribution < 1.29 is 23.5 Å². The molecule has 0 saturated carbocycles. The summed E-state index contributed by atoms with van der Waals surface area (Å²) in [7, 11) is 0. The molecule has 1 aromatic rings. The molecule has 0 aromatic heterocycles. The lowest BCUT2D eigenvalue weighted by Gasteiger charge is -2.25. The van der Waals surface area contributed by atoms with Gasteiger partial charge in [-0.25, -0.2) is 9.29 Å². The van der Waals surface area contributed by atoms with E-state index in [1.807, 2.05) is 0 Å². The number of carbonyl (C=O) groups is 2. The number of amides is 2. The molecule has 0 unspecified atom stereocenters. The third-order valence-electron chi connectivity index (χ3n) is 4.25. The Bertz CT molecular complexity index is 697. The largest absolute Gasteiger partial charge is 0.486 e. The molecule has 1 aromatic carbocycles. The number of halogens is 1.